The number of aromatic nitrogens is 1. The Balaban J connectivity index is 1.13. The molecule has 0 spiro atoms. The van der Waals surface area contributed by atoms with Gasteiger partial charge in [0.1, 0.15) is 5.75 Å². The van der Waals surface area contributed by atoms with Gasteiger partial charge in [-0.15, -0.1) is 0 Å². The van der Waals surface area contributed by atoms with E-state index in [1.165, 1.54) is 5.56 Å². The fourth-order valence-electron chi connectivity index (χ4n) is 4.80. The molecule has 1 saturated heterocycles. The number of pyridine rings is 1. The Morgan fingerprint density at radius 2 is 1.94 bits per heavy atom. The second kappa shape index (κ2) is 10.6. The van der Waals surface area contributed by atoms with E-state index in [-0.39, 0.29) is 0 Å². The van der Waals surface area contributed by atoms with Gasteiger partial charge in [0, 0.05) is 30.9 Å². The Morgan fingerprint density at radius 1 is 1.12 bits per heavy atom. The van der Waals surface area contributed by atoms with Crippen LogP contribution in [0.2, 0.25) is 0 Å². The normalized spacial score (nSPS) is 17.9. The van der Waals surface area contributed by atoms with Crippen LogP contribution in [-0.2, 0) is 6.54 Å². The highest BCUT2D eigenvalue weighted by Gasteiger charge is 2.22. The molecule has 2 aliphatic heterocycles. The summed E-state index contributed by atoms with van der Waals surface area (Å²) in [5, 5.41) is 15.7. The zero-order valence-corrected chi connectivity index (χ0v) is 19.7. The van der Waals surface area contributed by atoms with Crippen LogP contribution >= 0.6 is 0 Å². The molecular formula is C27H33N3O4. The number of piperidine rings is 1. The van der Waals surface area contributed by atoms with E-state index >= 15 is 0 Å². The molecule has 1 atom stereocenters. The van der Waals surface area contributed by atoms with Crippen LogP contribution in [0.25, 0.3) is 10.9 Å². The van der Waals surface area contributed by atoms with E-state index in [9.17, 15) is 5.11 Å². The largest absolute Gasteiger partial charge is 0.495 e. The van der Waals surface area contributed by atoms with Crippen molar-refractivity contribution >= 4 is 10.9 Å². The summed E-state index contributed by atoms with van der Waals surface area (Å²) >= 11 is 0. The molecular weight excluding hydrogens is 430 g/mol. The number of β-amino-alcohol motifs (C(OH)–C–C–N with tert-alkyl or cyclic N) is 1. The molecule has 0 aliphatic carbocycles. The number of benzene rings is 2. The average Bonchev–Trinajstić information content (AvgIpc) is 3.12. The minimum atomic E-state index is -0.566. The molecule has 0 amide bonds. The summed E-state index contributed by atoms with van der Waals surface area (Å²) in [6, 6.07) is 14.5. The van der Waals surface area contributed by atoms with Crippen molar-refractivity contribution in [3.05, 3.63) is 59.8 Å². The van der Waals surface area contributed by atoms with Crippen LogP contribution < -0.4 is 19.5 Å². The van der Waals surface area contributed by atoms with Gasteiger partial charge in [-0.25, -0.2) is 0 Å². The first-order valence-electron chi connectivity index (χ1n) is 12.1. The average molecular weight is 464 g/mol. The molecule has 180 valence electrons. The van der Waals surface area contributed by atoms with Gasteiger partial charge in [-0.3, -0.25) is 4.98 Å². The molecule has 3 heterocycles. The van der Waals surface area contributed by atoms with E-state index in [0.29, 0.717) is 31.5 Å². The summed E-state index contributed by atoms with van der Waals surface area (Å²) < 4.78 is 16.9. The van der Waals surface area contributed by atoms with Crippen LogP contribution in [0.4, 0.5) is 0 Å². The summed E-state index contributed by atoms with van der Waals surface area (Å²) in [6.07, 6.45) is 4.18. The maximum Gasteiger partial charge on any atom is 0.161 e. The third-order valence-electron chi connectivity index (χ3n) is 6.75. The van der Waals surface area contributed by atoms with Gasteiger partial charge >= 0.3 is 0 Å². The highest BCUT2D eigenvalue weighted by Crippen LogP contribution is 2.31. The first-order chi connectivity index (χ1) is 16.7. The smallest absolute Gasteiger partial charge is 0.161 e. The zero-order chi connectivity index (χ0) is 23.3. The van der Waals surface area contributed by atoms with Crippen LogP contribution in [0.15, 0.2) is 48.7 Å². The quantitative estimate of drug-likeness (QED) is 0.553. The number of methoxy groups -OCH3 is 1. The van der Waals surface area contributed by atoms with Gasteiger partial charge in [0.2, 0.25) is 0 Å². The van der Waals surface area contributed by atoms with Gasteiger partial charge in [0.15, 0.2) is 11.5 Å². The summed E-state index contributed by atoms with van der Waals surface area (Å²) in [5.74, 6) is 2.39. The van der Waals surface area contributed by atoms with Crippen molar-refractivity contribution in [2.75, 3.05) is 40.0 Å². The summed E-state index contributed by atoms with van der Waals surface area (Å²) in [4.78, 5) is 6.80. The number of hydrogen-bond acceptors (Lipinski definition) is 7. The Labute approximate surface area is 200 Å². The van der Waals surface area contributed by atoms with Crippen LogP contribution in [0.1, 0.15) is 36.5 Å². The lowest BCUT2D eigenvalue weighted by atomic mass is 10.0. The van der Waals surface area contributed by atoms with Crippen molar-refractivity contribution in [2.24, 2.45) is 0 Å². The predicted molar refractivity (Wildman–Crippen MR) is 132 cm³/mol. The molecule has 0 saturated carbocycles. The fraction of sp³-hybridized carbons (Fsp3) is 0.444. The SMILES string of the molecule is COc1cnc2cccc(C(O)CN3CCC(NCc4ccc5c(c4)OCCCO5)CC3)c2c1. The molecule has 2 aromatic carbocycles. The van der Waals surface area contributed by atoms with Crippen LogP contribution in [0.5, 0.6) is 17.2 Å². The summed E-state index contributed by atoms with van der Waals surface area (Å²) in [5.41, 5.74) is 2.98. The van der Waals surface area contributed by atoms with E-state index in [1.54, 1.807) is 13.3 Å². The number of ether oxygens (including phenoxy) is 3. The minimum absolute atomic E-state index is 0.468. The number of likely N-dealkylation sites (tertiary alicyclic amines) is 1. The third kappa shape index (κ3) is 5.27. The van der Waals surface area contributed by atoms with Crippen molar-refractivity contribution in [1.82, 2.24) is 15.2 Å². The zero-order valence-electron chi connectivity index (χ0n) is 19.7. The topological polar surface area (TPSA) is 76.1 Å². The highest BCUT2D eigenvalue weighted by atomic mass is 16.5. The molecule has 34 heavy (non-hydrogen) atoms. The lowest BCUT2D eigenvalue weighted by molar-refractivity contribution is 0.0949. The fourth-order valence-corrected chi connectivity index (χ4v) is 4.80. The molecule has 2 N–H and O–H groups in total. The monoisotopic (exact) mass is 463 g/mol. The van der Waals surface area contributed by atoms with Gasteiger partial charge in [-0.2, -0.15) is 0 Å². The van der Waals surface area contributed by atoms with Crippen molar-refractivity contribution in [2.45, 2.75) is 38.0 Å². The second-order valence-corrected chi connectivity index (χ2v) is 9.09. The summed E-state index contributed by atoms with van der Waals surface area (Å²) in [7, 11) is 1.63. The Bertz CT molecular complexity index is 1110. The predicted octanol–water partition coefficient (Wildman–Crippen LogP) is 3.69. The van der Waals surface area contributed by atoms with Crippen molar-refractivity contribution < 1.29 is 19.3 Å². The molecule has 0 bridgehead atoms. The molecule has 5 rings (SSSR count). The molecule has 3 aromatic rings. The lowest BCUT2D eigenvalue weighted by Crippen LogP contribution is -2.43. The number of nitrogens with one attached hydrogen (secondary N) is 1. The molecule has 2 aliphatic rings. The van der Waals surface area contributed by atoms with Gasteiger partial charge in [0.25, 0.3) is 0 Å². The van der Waals surface area contributed by atoms with E-state index in [0.717, 1.165) is 66.9 Å². The number of nitrogens with zero attached hydrogens (tertiary/aromatic N) is 2. The van der Waals surface area contributed by atoms with E-state index < -0.39 is 6.10 Å². The van der Waals surface area contributed by atoms with Gasteiger partial charge in [-0.05, 0) is 61.3 Å². The first kappa shape index (κ1) is 22.9. The van der Waals surface area contributed by atoms with Crippen LogP contribution in [-0.4, -0.2) is 61.0 Å². The van der Waals surface area contributed by atoms with Gasteiger partial charge < -0.3 is 29.5 Å². The number of aliphatic hydroxyl groups excluding tert-OH is 1. The van der Waals surface area contributed by atoms with Crippen LogP contribution in [0.3, 0.4) is 0 Å². The van der Waals surface area contributed by atoms with Crippen molar-refractivity contribution in [3.8, 4) is 17.2 Å². The molecule has 1 aromatic heterocycles. The number of aliphatic hydroxyl groups is 1. The van der Waals surface area contributed by atoms with Crippen LogP contribution in [0, 0.1) is 0 Å². The number of fused-ring (bicyclic) bond motifs is 2. The maximum absolute atomic E-state index is 11.0. The standard InChI is InChI=1S/C27H33N3O4/c1-32-21-15-23-22(4-2-5-24(23)29-17-21)25(31)18-30-10-8-20(9-11-30)28-16-19-6-7-26-27(14-19)34-13-3-12-33-26/h2,4-7,14-15,17,20,25,28,31H,3,8-13,16,18H2,1H3. The van der Waals surface area contributed by atoms with Gasteiger partial charge in [0.05, 0.1) is 38.1 Å². The first-order valence-corrected chi connectivity index (χ1v) is 12.1. The van der Waals surface area contributed by atoms with E-state index in [1.807, 2.05) is 30.3 Å². The molecule has 1 unspecified atom stereocenters. The Hall–Kier alpha value is -2.87. The number of hydrogen-bond donors (Lipinski definition) is 2. The molecule has 0 radical (unpaired) electrons. The third-order valence-corrected chi connectivity index (χ3v) is 6.75. The maximum atomic E-state index is 11.0. The second-order valence-electron chi connectivity index (χ2n) is 9.09. The van der Waals surface area contributed by atoms with Crippen molar-refractivity contribution in [3.63, 3.8) is 0 Å². The lowest BCUT2D eigenvalue weighted by Gasteiger charge is -2.34. The van der Waals surface area contributed by atoms with E-state index in [2.05, 4.69) is 27.3 Å². The van der Waals surface area contributed by atoms with E-state index in [4.69, 9.17) is 14.2 Å². The van der Waals surface area contributed by atoms with Crippen molar-refractivity contribution in [1.29, 1.82) is 0 Å². The Morgan fingerprint density at radius 3 is 2.76 bits per heavy atom. The van der Waals surface area contributed by atoms with Gasteiger partial charge in [-0.1, -0.05) is 18.2 Å². The summed E-state index contributed by atoms with van der Waals surface area (Å²) in [6.45, 7) is 4.77. The molecule has 1 fully saturated rings. The minimum Gasteiger partial charge on any atom is -0.495 e. The Kier molecular flexibility index (Phi) is 7.13. The number of rotatable bonds is 7. The highest BCUT2D eigenvalue weighted by molar-refractivity contribution is 5.83. The molecule has 7 nitrogen and oxygen atoms in total. The molecule has 7 heteroatoms.